The predicted molar refractivity (Wildman–Crippen MR) is 89.4 cm³/mol. The van der Waals surface area contributed by atoms with Gasteiger partial charge < -0.3 is 15.5 Å². The van der Waals surface area contributed by atoms with Crippen molar-refractivity contribution in [2.24, 2.45) is 0 Å². The highest BCUT2D eigenvalue weighted by molar-refractivity contribution is 6.40. The molecule has 0 spiro atoms. The minimum Gasteiger partial charge on any atom is -0.361 e. The maximum absolute atomic E-state index is 11.5. The van der Waals surface area contributed by atoms with Gasteiger partial charge in [0, 0.05) is 13.1 Å². The first kappa shape index (κ1) is 16.5. The van der Waals surface area contributed by atoms with Crippen molar-refractivity contribution >= 4 is 34.6 Å². The van der Waals surface area contributed by atoms with Gasteiger partial charge in [-0.3, -0.25) is 10.1 Å². The zero-order chi connectivity index (χ0) is 16.3. The molecule has 0 aromatic heterocycles. The van der Waals surface area contributed by atoms with Crippen molar-refractivity contribution in [1.82, 2.24) is 4.90 Å². The summed E-state index contributed by atoms with van der Waals surface area (Å²) in [6, 6.07) is 7.30. The Morgan fingerprint density at radius 3 is 2.09 bits per heavy atom. The van der Waals surface area contributed by atoms with Crippen molar-refractivity contribution in [3.63, 3.8) is 0 Å². The molecule has 0 bridgehead atoms. The van der Waals surface area contributed by atoms with E-state index < -0.39 is 4.92 Å². The molecule has 1 heterocycles. The number of para-hydroxylation sites is 2. The van der Waals surface area contributed by atoms with Crippen LogP contribution in [0.15, 0.2) is 46.0 Å². The van der Waals surface area contributed by atoms with E-state index in [1.165, 1.54) is 0 Å². The van der Waals surface area contributed by atoms with Crippen LogP contribution in [-0.2, 0) is 0 Å². The lowest BCUT2D eigenvalue weighted by atomic mass is 10.3. The molecular weight excluding hydrogens is 327 g/mol. The number of hydrogen-bond donors (Lipinski definition) is 2. The number of nitrogens with one attached hydrogen (secondary N) is 2. The van der Waals surface area contributed by atoms with E-state index in [0.29, 0.717) is 13.1 Å². The first-order chi connectivity index (χ1) is 10.5. The zero-order valence-corrected chi connectivity index (χ0v) is 13.7. The molecule has 2 N–H and O–H groups in total. The Hall–Kier alpha value is -1.92. The topological polar surface area (TPSA) is 70.4 Å². The van der Waals surface area contributed by atoms with Crippen LogP contribution in [0, 0.1) is 10.1 Å². The normalized spacial score (nSPS) is 13.7. The third kappa shape index (κ3) is 3.13. The second-order valence-electron chi connectivity index (χ2n) is 4.55. The van der Waals surface area contributed by atoms with Gasteiger partial charge in [-0.15, -0.1) is 0 Å². The monoisotopic (exact) mass is 342 g/mol. The Morgan fingerprint density at radius 2 is 1.68 bits per heavy atom. The van der Waals surface area contributed by atoms with Crippen LogP contribution in [0.4, 0.5) is 11.4 Å². The van der Waals surface area contributed by atoms with Gasteiger partial charge in [0.05, 0.1) is 16.3 Å². The highest BCUT2D eigenvalue weighted by atomic mass is 35.5. The number of rotatable bonds is 5. The van der Waals surface area contributed by atoms with Gasteiger partial charge in [0.15, 0.2) is 10.9 Å². The van der Waals surface area contributed by atoms with E-state index in [4.69, 9.17) is 23.2 Å². The maximum Gasteiger partial charge on any atom is 0.331 e. The maximum atomic E-state index is 11.5. The molecule has 2 rings (SSSR count). The third-order valence-corrected chi connectivity index (χ3v) is 4.18. The van der Waals surface area contributed by atoms with E-state index in [0.717, 1.165) is 11.4 Å². The van der Waals surface area contributed by atoms with Crippen LogP contribution in [0.2, 0.25) is 0 Å². The summed E-state index contributed by atoms with van der Waals surface area (Å²) in [5, 5.41) is 17.4. The Balaban J connectivity index is 2.47. The Labute approximate surface area is 138 Å². The van der Waals surface area contributed by atoms with E-state index in [2.05, 4.69) is 10.6 Å². The average Bonchev–Trinajstić information content (AvgIpc) is 2.91. The summed E-state index contributed by atoms with van der Waals surface area (Å²) in [4.78, 5) is 12.7. The van der Waals surface area contributed by atoms with Crippen LogP contribution in [0.5, 0.6) is 0 Å². The standard InChI is InChI=1S/C14H16Cl2N4O2/c1-3-19(4-2)13(16)11(15)12(20(21)22)14-17-9-7-5-6-8-10(9)18-14/h5-8,17-18H,3-4H2,1-2H3/b13-11+. The molecule has 1 aromatic rings. The zero-order valence-electron chi connectivity index (χ0n) is 12.2. The molecule has 0 aliphatic carbocycles. The van der Waals surface area contributed by atoms with Crippen molar-refractivity contribution < 1.29 is 4.92 Å². The van der Waals surface area contributed by atoms with Crippen LogP contribution in [0.1, 0.15) is 13.8 Å². The van der Waals surface area contributed by atoms with Gasteiger partial charge >= 0.3 is 5.70 Å². The van der Waals surface area contributed by atoms with E-state index >= 15 is 0 Å². The predicted octanol–water partition coefficient (Wildman–Crippen LogP) is 3.96. The molecule has 1 aliphatic heterocycles. The van der Waals surface area contributed by atoms with Crippen molar-refractivity contribution in [3.8, 4) is 0 Å². The Morgan fingerprint density at radius 1 is 1.18 bits per heavy atom. The smallest absolute Gasteiger partial charge is 0.331 e. The number of nitro groups is 1. The number of halogens is 2. The van der Waals surface area contributed by atoms with Gasteiger partial charge in [-0.05, 0) is 26.0 Å². The lowest BCUT2D eigenvalue weighted by Gasteiger charge is -2.20. The van der Waals surface area contributed by atoms with Crippen molar-refractivity contribution in [3.05, 3.63) is 56.1 Å². The quantitative estimate of drug-likeness (QED) is 0.481. The van der Waals surface area contributed by atoms with E-state index in [9.17, 15) is 10.1 Å². The summed E-state index contributed by atoms with van der Waals surface area (Å²) in [6.45, 7) is 5.01. The second-order valence-corrected chi connectivity index (χ2v) is 5.29. The minimum absolute atomic E-state index is 0.0989. The third-order valence-electron chi connectivity index (χ3n) is 3.30. The van der Waals surface area contributed by atoms with Crippen LogP contribution in [-0.4, -0.2) is 22.9 Å². The molecule has 0 fully saturated rings. The Bertz CT molecular complexity index is 627. The van der Waals surface area contributed by atoms with Crippen LogP contribution in [0.3, 0.4) is 0 Å². The van der Waals surface area contributed by atoms with Crippen molar-refractivity contribution in [2.75, 3.05) is 23.7 Å². The van der Waals surface area contributed by atoms with Crippen molar-refractivity contribution in [1.29, 1.82) is 0 Å². The minimum atomic E-state index is -0.546. The van der Waals surface area contributed by atoms with Crippen LogP contribution in [0.25, 0.3) is 0 Å². The van der Waals surface area contributed by atoms with Gasteiger partial charge in [0.25, 0.3) is 0 Å². The summed E-state index contributed by atoms with van der Waals surface area (Å²) >= 11 is 12.4. The molecule has 0 saturated carbocycles. The highest BCUT2D eigenvalue weighted by Gasteiger charge is 2.30. The molecular formula is C14H16Cl2N4O2. The molecule has 6 nitrogen and oxygen atoms in total. The van der Waals surface area contributed by atoms with E-state index in [-0.39, 0.29) is 21.7 Å². The fourth-order valence-corrected chi connectivity index (χ4v) is 2.75. The molecule has 0 atom stereocenters. The molecule has 0 amide bonds. The number of allylic oxidation sites excluding steroid dienone is 1. The fourth-order valence-electron chi connectivity index (χ4n) is 2.14. The first-order valence-electron chi connectivity index (χ1n) is 6.81. The summed E-state index contributed by atoms with van der Waals surface area (Å²) in [5.41, 5.74) is 1.22. The molecule has 0 saturated heterocycles. The summed E-state index contributed by atoms with van der Waals surface area (Å²) in [6.07, 6.45) is 0. The van der Waals surface area contributed by atoms with Gasteiger partial charge in [-0.1, -0.05) is 35.3 Å². The lowest BCUT2D eigenvalue weighted by molar-refractivity contribution is -0.420. The Kier molecular flexibility index (Phi) is 5.15. The first-order valence-corrected chi connectivity index (χ1v) is 7.57. The molecule has 118 valence electrons. The van der Waals surface area contributed by atoms with Crippen LogP contribution < -0.4 is 10.6 Å². The summed E-state index contributed by atoms with van der Waals surface area (Å²) in [7, 11) is 0. The molecule has 1 aliphatic rings. The summed E-state index contributed by atoms with van der Waals surface area (Å²) < 4.78 is 0. The van der Waals surface area contributed by atoms with E-state index in [1.54, 1.807) is 4.90 Å². The average molecular weight is 343 g/mol. The number of nitrogens with zero attached hydrogens (tertiary/aromatic N) is 2. The fraction of sp³-hybridized carbons (Fsp3) is 0.286. The molecule has 22 heavy (non-hydrogen) atoms. The highest BCUT2D eigenvalue weighted by Crippen LogP contribution is 2.35. The molecule has 0 unspecified atom stereocenters. The SMILES string of the molecule is CCN(CC)/C(Cl)=C(/Cl)C(=C1Nc2ccccc2N1)[N+](=O)[O-]. The molecule has 0 radical (unpaired) electrons. The molecule has 1 aromatic carbocycles. The lowest BCUT2D eigenvalue weighted by Crippen LogP contribution is -2.22. The molecule has 8 heteroatoms. The van der Waals surface area contributed by atoms with Gasteiger partial charge in [-0.25, -0.2) is 0 Å². The number of benzene rings is 1. The number of hydrogen-bond acceptors (Lipinski definition) is 5. The van der Waals surface area contributed by atoms with Gasteiger partial charge in [-0.2, -0.15) is 0 Å². The second kappa shape index (κ2) is 6.89. The van der Waals surface area contributed by atoms with Crippen molar-refractivity contribution in [2.45, 2.75) is 13.8 Å². The largest absolute Gasteiger partial charge is 0.361 e. The van der Waals surface area contributed by atoms with Gasteiger partial charge in [0.2, 0.25) is 0 Å². The number of fused-ring (bicyclic) bond motifs is 1. The van der Waals surface area contributed by atoms with E-state index in [1.807, 2.05) is 38.1 Å². The van der Waals surface area contributed by atoms with Crippen LogP contribution >= 0.6 is 23.2 Å². The van der Waals surface area contributed by atoms with Gasteiger partial charge in [0.1, 0.15) is 5.16 Å². The number of anilines is 2. The summed E-state index contributed by atoms with van der Waals surface area (Å²) in [5.74, 6) is 0.210.